The molecule has 0 amide bonds. The smallest absolute Gasteiger partial charge is 0.147 e. The summed E-state index contributed by atoms with van der Waals surface area (Å²) in [4.78, 5) is 0. The van der Waals surface area contributed by atoms with Crippen molar-refractivity contribution in [3.05, 3.63) is 63.4 Å². The first-order valence-electron chi connectivity index (χ1n) is 5.80. The molecule has 0 aliphatic carbocycles. The average Bonchev–Trinajstić information content (AvgIpc) is 2.47. The molecule has 5 heteroatoms. The van der Waals surface area contributed by atoms with E-state index in [2.05, 4.69) is 15.9 Å². The number of benzene rings is 2. The van der Waals surface area contributed by atoms with Crippen molar-refractivity contribution in [3.8, 4) is 11.8 Å². The van der Waals surface area contributed by atoms with E-state index in [1.165, 1.54) is 6.07 Å². The first-order valence-corrected chi connectivity index (χ1v) is 7.13. The topological polar surface area (TPSA) is 33.0 Å². The van der Waals surface area contributed by atoms with E-state index in [4.69, 9.17) is 21.6 Å². The average molecular weight is 355 g/mol. The Hall–Kier alpha value is -1.57. The number of nitrogens with zero attached hydrogens (tertiary/aromatic N) is 1. The first-order chi connectivity index (χ1) is 9.65. The van der Waals surface area contributed by atoms with Crippen LogP contribution in [0.25, 0.3) is 0 Å². The van der Waals surface area contributed by atoms with Crippen LogP contribution in [-0.4, -0.2) is 0 Å². The first kappa shape index (κ1) is 14.8. The normalized spacial score (nSPS) is 10.1. The van der Waals surface area contributed by atoms with E-state index in [-0.39, 0.29) is 12.2 Å². The predicted molar refractivity (Wildman–Crippen MR) is 79.1 cm³/mol. The van der Waals surface area contributed by atoms with Crippen molar-refractivity contribution < 1.29 is 9.13 Å². The van der Waals surface area contributed by atoms with Crippen LogP contribution < -0.4 is 4.74 Å². The lowest BCUT2D eigenvalue weighted by Crippen LogP contribution is -2.00. The number of hydrogen-bond donors (Lipinski definition) is 0. The molecule has 2 rings (SSSR count). The fraction of sp³-hybridized carbons (Fsp3) is 0.133. The number of ether oxygens (including phenoxy) is 1. The van der Waals surface area contributed by atoms with Gasteiger partial charge in [0.1, 0.15) is 24.2 Å². The third kappa shape index (κ3) is 3.30. The molecule has 0 saturated heterocycles. The molecule has 20 heavy (non-hydrogen) atoms. The molecule has 0 aliphatic heterocycles. The maximum Gasteiger partial charge on any atom is 0.147 e. The summed E-state index contributed by atoms with van der Waals surface area (Å²) in [6.07, 6.45) is 0. The van der Waals surface area contributed by atoms with Gasteiger partial charge in [-0.25, -0.2) is 4.39 Å². The van der Waals surface area contributed by atoms with Crippen molar-refractivity contribution in [1.29, 1.82) is 5.26 Å². The second-order valence-corrected chi connectivity index (χ2v) is 5.19. The molecule has 0 spiro atoms. The Morgan fingerprint density at radius 1 is 1.25 bits per heavy atom. The SMILES string of the molecule is N#Cc1cccc(COc2ccc(Br)c(CCl)c2)c1F. The van der Waals surface area contributed by atoms with Gasteiger partial charge in [0, 0.05) is 15.9 Å². The number of halogens is 3. The van der Waals surface area contributed by atoms with Crippen LogP contribution >= 0.6 is 27.5 Å². The molecule has 0 bridgehead atoms. The van der Waals surface area contributed by atoms with Gasteiger partial charge in [-0.15, -0.1) is 11.6 Å². The van der Waals surface area contributed by atoms with Gasteiger partial charge in [-0.3, -0.25) is 0 Å². The van der Waals surface area contributed by atoms with Crippen LogP contribution in [0.5, 0.6) is 5.75 Å². The van der Waals surface area contributed by atoms with E-state index in [0.717, 1.165) is 10.0 Å². The summed E-state index contributed by atoms with van der Waals surface area (Å²) in [5.74, 6) is 0.422. The molecule has 0 N–H and O–H groups in total. The minimum Gasteiger partial charge on any atom is -0.489 e. The lowest BCUT2D eigenvalue weighted by Gasteiger charge is -2.09. The molecular weight excluding hydrogens is 345 g/mol. The van der Waals surface area contributed by atoms with Crippen LogP contribution in [0.1, 0.15) is 16.7 Å². The minimum atomic E-state index is -0.537. The van der Waals surface area contributed by atoms with Crippen molar-refractivity contribution in [2.24, 2.45) is 0 Å². The number of nitriles is 1. The van der Waals surface area contributed by atoms with Crippen molar-refractivity contribution in [1.82, 2.24) is 0 Å². The van der Waals surface area contributed by atoms with Crippen LogP contribution in [-0.2, 0) is 12.5 Å². The third-order valence-corrected chi connectivity index (χ3v) is 3.82. The zero-order valence-electron chi connectivity index (χ0n) is 10.4. The van der Waals surface area contributed by atoms with Crippen molar-refractivity contribution in [2.75, 3.05) is 0 Å². The van der Waals surface area contributed by atoms with Crippen molar-refractivity contribution in [3.63, 3.8) is 0 Å². The van der Waals surface area contributed by atoms with Gasteiger partial charge in [0.25, 0.3) is 0 Å². The monoisotopic (exact) mass is 353 g/mol. The summed E-state index contributed by atoms with van der Waals surface area (Å²) in [6.45, 7) is 0.0602. The zero-order valence-corrected chi connectivity index (χ0v) is 12.7. The molecule has 102 valence electrons. The Morgan fingerprint density at radius 3 is 2.75 bits per heavy atom. The molecule has 0 saturated carbocycles. The lowest BCUT2D eigenvalue weighted by atomic mass is 10.1. The summed E-state index contributed by atoms with van der Waals surface area (Å²) in [5.41, 5.74) is 1.26. The summed E-state index contributed by atoms with van der Waals surface area (Å²) < 4.78 is 20.3. The number of hydrogen-bond acceptors (Lipinski definition) is 2. The molecule has 0 heterocycles. The van der Waals surface area contributed by atoms with Gasteiger partial charge < -0.3 is 4.74 Å². The molecule has 2 aromatic carbocycles. The lowest BCUT2D eigenvalue weighted by molar-refractivity contribution is 0.299. The van der Waals surface area contributed by atoms with Gasteiger partial charge in [0.15, 0.2) is 0 Å². The summed E-state index contributed by atoms with van der Waals surface area (Å²) >= 11 is 9.19. The predicted octanol–water partition coefficient (Wildman–Crippen LogP) is 4.78. The molecule has 0 atom stereocenters. The molecular formula is C15H10BrClFNO. The Morgan fingerprint density at radius 2 is 2.05 bits per heavy atom. The Kier molecular flexibility index (Phi) is 4.99. The fourth-order valence-corrected chi connectivity index (χ4v) is 2.45. The van der Waals surface area contributed by atoms with Gasteiger partial charge in [-0.05, 0) is 29.8 Å². The standard InChI is InChI=1S/C15H10BrClFNO/c16-14-5-4-13(6-12(14)7-17)20-9-11-3-1-2-10(8-19)15(11)18/h1-6H,7,9H2. The molecule has 2 nitrogen and oxygen atoms in total. The van der Waals surface area contributed by atoms with Crippen LogP contribution in [0.4, 0.5) is 4.39 Å². The Balaban J connectivity index is 2.15. The van der Waals surface area contributed by atoms with Gasteiger partial charge in [-0.2, -0.15) is 5.26 Å². The third-order valence-electron chi connectivity index (χ3n) is 2.75. The molecule has 0 fully saturated rings. The minimum absolute atomic E-state index is 0.0170. The van der Waals surface area contributed by atoms with E-state index >= 15 is 0 Å². The van der Waals surface area contributed by atoms with E-state index in [9.17, 15) is 4.39 Å². The summed E-state index contributed by atoms with van der Waals surface area (Å²) in [6, 6.07) is 11.9. The summed E-state index contributed by atoms with van der Waals surface area (Å²) in [7, 11) is 0. The fourth-order valence-electron chi connectivity index (χ4n) is 1.68. The highest BCUT2D eigenvalue weighted by atomic mass is 79.9. The van der Waals surface area contributed by atoms with Crippen LogP contribution in [0.15, 0.2) is 40.9 Å². The van der Waals surface area contributed by atoms with Crippen LogP contribution in [0, 0.1) is 17.1 Å². The highest BCUT2D eigenvalue weighted by Gasteiger charge is 2.08. The Bertz CT molecular complexity index is 669. The van der Waals surface area contributed by atoms with Gasteiger partial charge in [-0.1, -0.05) is 28.1 Å². The second kappa shape index (κ2) is 6.74. The quantitative estimate of drug-likeness (QED) is 0.740. The number of alkyl halides is 1. The van der Waals surface area contributed by atoms with Gasteiger partial charge >= 0.3 is 0 Å². The van der Waals surface area contributed by atoms with E-state index < -0.39 is 5.82 Å². The molecule has 2 aromatic rings. The molecule has 0 radical (unpaired) electrons. The van der Waals surface area contributed by atoms with Gasteiger partial charge in [0.2, 0.25) is 0 Å². The van der Waals surface area contributed by atoms with E-state index in [1.54, 1.807) is 30.3 Å². The van der Waals surface area contributed by atoms with Crippen molar-refractivity contribution in [2.45, 2.75) is 12.5 Å². The summed E-state index contributed by atoms with van der Waals surface area (Å²) in [5, 5.41) is 8.78. The zero-order chi connectivity index (χ0) is 14.5. The number of rotatable bonds is 4. The highest BCUT2D eigenvalue weighted by molar-refractivity contribution is 9.10. The maximum absolute atomic E-state index is 13.9. The van der Waals surface area contributed by atoms with E-state index in [1.807, 2.05) is 6.07 Å². The molecule has 0 unspecified atom stereocenters. The van der Waals surface area contributed by atoms with Gasteiger partial charge in [0.05, 0.1) is 5.56 Å². The van der Waals surface area contributed by atoms with Crippen LogP contribution in [0.3, 0.4) is 0 Å². The molecule has 0 aromatic heterocycles. The highest BCUT2D eigenvalue weighted by Crippen LogP contribution is 2.25. The maximum atomic E-state index is 13.9. The van der Waals surface area contributed by atoms with Crippen LogP contribution in [0.2, 0.25) is 0 Å². The van der Waals surface area contributed by atoms with E-state index in [0.29, 0.717) is 17.2 Å². The Labute approximate surface area is 129 Å². The second-order valence-electron chi connectivity index (χ2n) is 4.07. The largest absolute Gasteiger partial charge is 0.489 e. The van der Waals surface area contributed by atoms with Crippen molar-refractivity contribution >= 4 is 27.5 Å². The molecule has 0 aliphatic rings.